The van der Waals surface area contributed by atoms with Crippen molar-refractivity contribution in [3.63, 3.8) is 0 Å². The van der Waals surface area contributed by atoms with E-state index < -0.39 is 0 Å². The molecule has 94 valence electrons. The summed E-state index contributed by atoms with van der Waals surface area (Å²) in [5.74, 6) is -0.261. The van der Waals surface area contributed by atoms with Crippen molar-refractivity contribution in [2.75, 3.05) is 11.1 Å². The van der Waals surface area contributed by atoms with E-state index >= 15 is 0 Å². The van der Waals surface area contributed by atoms with Gasteiger partial charge in [0.25, 0.3) is 5.91 Å². The Bertz CT molecular complexity index is 748. The molecule has 5 nitrogen and oxygen atoms in total. The molecule has 0 unspecified atom stereocenters. The number of nitrogens with one attached hydrogen (secondary N) is 2. The minimum Gasteiger partial charge on any atom is -0.399 e. The van der Waals surface area contributed by atoms with E-state index in [0.717, 1.165) is 10.9 Å². The lowest BCUT2D eigenvalue weighted by Crippen LogP contribution is -2.12. The number of aromatic amines is 1. The van der Waals surface area contributed by atoms with Gasteiger partial charge in [-0.1, -0.05) is 24.3 Å². The fraction of sp³-hybridized carbons (Fsp3) is 0. The van der Waals surface area contributed by atoms with Gasteiger partial charge in [-0.05, 0) is 24.3 Å². The molecule has 0 fully saturated rings. The topological polar surface area (TPSA) is 83.8 Å². The van der Waals surface area contributed by atoms with Gasteiger partial charge < -0.3 is 11.1 Å². The van der Waals surface area contributed by atoms with Crippen LogP contribution in [0.3, 0.4) is 0 Å². The maximum Gasteiger partial charge on any atom is 0.276 e. The number of nitrogen functional groups attached to an aromatic ring is 1. The molecule has 0 saturated heterocycles. The van der Waals surface area contributed by atoms with E-state index in [2.05, 4.69) is 15.5 Å². The van der Waals surface area contributed by atoms with Gasteiger partial charge in [-0.15, -0.1) is 0 Å². The van der Waals surface area contributed by atoms with Gasteiger partial charge >= 0.3 is 0 Å². The predicted molar refractivity (Wildman–Crippen MR) is 74.9 cm³/mol. The van der Waals surface area contributed by atoms with Crippen molar-refractivity contribution in [1.29, 1.82) is 0 Å². The van der Waals surface area contributed by atoms with Crippen LogP contribution >= 0.6 is 0 Å². The van der Waals surface area contributed by atoms with E-state index in [1.54, 1.807) is 24.3 Å². The van der Waals surface area contributed by atoms with Crippen molar-refractivity contribution >= 4 is 28.2 Å². The van der Waals surface area contributed by atoms with E-state index in [4.69, 9.17) is 5.73 Å². The number of nitrogens with two attached hydrogens (primary N) is 1. The van der Waals surface area contributed by atoms with E-state index in [1.807, 2.05) is 24.3 Å². The average Bonchev–Trinajstić information content (AvgIpc) is 2.82. The van der Waals surface area contributed by atoms with Gasteiger partial charge in [0.2, 0.25) is 0 Å². The molecule has 0 atom stereocenters. The van der Waals surface area contributed by atoms with Crippen LogP contribution in [0.2, 0.25) is 0 Å². The van der Waals surface area contributed by atoms with Crippen LogP contribution in [0.1, 0.15) is 10.5 Å². The van der Waals surface area contributed by atoms with Crippen LogP contribution in [0, 0.1) is 0 Å². The molecule has 1 amide bonds. The maximum absolute atomic E-state index is 12.2. The highest BCUT2D eigenvalue weighted by Gasteiger charge is 2.13. The second-order valence-corrected chi connectivity index (χ2v) is 4.20. The summed E-state index contributed by atoms with van der Waals surface area (Å²) in [6.45, 7) is 0. The number of rotatable bonds is 2. The Kier molecular flexibility index (Phi) is 2.64. The molecule has 3 aromatic rings. The molecule has 1 aromatic heterocycles. The van der Waals surface area contributed by atoms with Gasteiger partial charge in [-0.2, -0.15) is 5.10 Å². The summed E-state index contributed by atoms with van der Waals surface area (Å²) in [5.41, 5.74) is 8.13. The standard InChI is InChI=1S/C14H12N4O/c15-9-4-3-5-10(8-9)16-14(19)13-11-6-1-2-7-12(11)17-18-13/h1-8H,15H2,(H,16,19)(H,17,18). The fourth-order valence-electron chi connectivity index (χ4n) is 1.94. The van der Waals surface area contributed by atoms with Crippen LogP contribution in [-0.4, -0.2) is 16.1 Å². The van der Waals surface area contributed by atoms with Gasteiger partial charge in [0.15, 0.2) is 5.69 Å². The lowest BCUT2D eigenvalue weighted by atomic mass is 10.2. The Morgan fingerprint density at radius 3 is 2.84 bits per heavy atom. The van der Waals surface area contributed by atoms with Crippen LogP contribution in [0.4, 0.5) is 11.4 Å². The average molecular weight is 252 g/mol. The first-order valence-electron chi connectivity index (χ1n) is 5.84. The number of aromatic nitrogens is 2. The van der Waals surface area contributed by atoms with Gasteiger partial charge in [-0.25, -0.2) is 0 Å². The van der Waals surface area contributed by atoms with Gasteiger partial charge in [0, 0.05) is 16.8 Å². The summed E-state index contributed by atoms with van der Waals surface area (Å²) in [7, 11) is 0. The number of H-pyrrole nitrogens is 1. The van der Waals surface area contributed by atoms with Crippen LogP contribution in [0.25, 0.3) is 10.9 Å². The molecule has 0 aliphatic heterocycles. The first-order chi connectivity index (χ1) is 9.24. The molecule has 0 radical (unpaired) electrons. The normalized spacial score (nSPS) is 10.5. The van der Waals surface area contributed by atoms with Gasteiger partial charge in [0.05, 0.1) is 5.52 Å². The molecular weight excluding hydrogens is 240 g/mol. The molecule has 0 bridgehead atoms. The van der Waals surface area contributed by atoms with E-state index in [0.29, 0.717) is 17.1 Å². The third-order valence-electron chi connectivity index (χ3n) is 2.83. The third-order valence-corrected chi connectivity index (χ3v) is 2.83. The van der Waals surface area contributed by atoms with Crippen LogP contribution in [-0.2, 0) is 0 Å². The Labute approximate surface area is 109 Å². The van der Waals surface area contributed by atoms with Crippen LogP contribution in [0.15, 0.2) is 48.5 Å². The molecule has 4 N–H and O–H groups in total. The molecule has 0 spiro atoms. The monoisotopic (exact) mass is 252 g/mol. The Balaban J connectivity index is 1.92. The highest BCUT2D eigenvalue weighted by molar-refractivity contribution is 6.11. The summed E-state index contributed by atoms with van der Waals surface area (Å²) < 4.78 is 0. The first kappa shape index (κ1) is 11.3. The molecule has 0 saturated carbocycles. The molecular formula is C14H12N4O. The minimum absolute atomic E-state index is 0.261. The zero-order valence-electron chi connectivity index (χ0n) is 10.1. The van der Waals surface area contributed by atoms with Crippen molar-refractivity contribution in [2.24, 2.45) is 0 Å². The van der Waals surface area contributed by atoms with E-state index in [9.17, 15) is 4.79 Å². The number of fused-ring (bicyclic) bond motifs is 1. The third kappa shape index (κ3) is 2.13. The smallest absolute Gasteiger partial charge is 0.276 e. The molecule has 2 aromatic carbocycles. The molecule has 0 aliphatic carbocycles. The molecule has 0 aliphatic rings. The second-order valence-electron chi connectivity index (χ2n) is 4.20. The highest BCUT2D eigenvalue weighted by atomic mass is 16.1. The molecule has 19 heavy (non-hydrogen) atoms. The number of hydrogen-bond acceptors (Lipinski definition) is 3. The van der Waals surface area contributed by atoms with Crippen molar-refractivity contribution in [1.82, 2.24) is 10.2 Å². The Hall–Kier alpha value is -2.82. The summed E-state index contributed by atoms with van der Waals surface area (Å²) in [6, 6.07) is 14.5. The maximum atomic E-state index is 12.2. The zero-order valence-corrected chi connectivity index (χ0v) is 10.1. The van der Waals surface area contributed by atoms with Gasteiger partial charge in [0.1, 0.15) is 0 Å². The number of nitrogens with zero attached hydrogens (tertiary/aromatic N) is 1. The van der Waals surface area contributed by atoms with Crippen LogP contribution < -0.4 is 11.1 Å². The largest absolute Gasteiger partial charge is 0.399 e. The highest BCUT2D eigenvalue weighted by Crippen LogP contribution is 2.17. The summed E-state index contributed by atoms with van der Waals surface area (Å²) in [6.07, 6.45) is 0. The van der Waals surface area contributed by atoms with Crippen molar-refractivity contribution < 1.29 is 4.79 Å². The van der Waals surface area contributed by atoms with Crippen molar-refractivity contribution in [2.45, 2.75) is 0 Å². The SMILES string of the molecule is Nc1cccc(NC(=O)c2n[nH]c3ccccc23)c1. The second kappa shape index (κ2) is 4.45. The number of hydrogen-bond donors (Lipinski definition) is 3. The minimum atomic E-state index is -0.261. The van der Waals surface area contributed by atoms with Crippen molar-refractivity contribution in [3.05, 3.63) is 54.2 Å². The van der Waals surface area contributed by atoms with Crippen molar-refractivity contribution in [3.8, 4) is 0 Å². The Morgan fingerprint density at radius 2 is 2.00 bits per heavy atom. The number of amides is 1. The molecule has 3 rings (SSSR count). The lowest BCUT2D eigenvalue weighted by Gasteiger charge is -2.04. The number of anilines is 2. The summed E-state index contributed by atoms with van der Waals surface area (Å²) in [5, 5.41) is 10.4. The van der Waals surface area contributed by atoms with Gasteiger partial charge in [-0.3, -0.25) is 9.89 Å². The number of carbonyl (C=O) groups excluding carboxylic acids is 1. The first-order valence-corrected chi connectivity index (χ1v) is 5.84. The molecule has 1 heterocycles. The fourth-order valence-corrected chi connectivity index (χ4v) is 1.94. The quantitative estimate of drug-likeness (QED) is 0.612. The van der Waals surface area contributed by atoms with E-state index in [-0.39, 0.29) is 5.91 Å². The number of benzene rings is 2. The zero-order chi connectivity index (χ0) is 13.2. The van der Waals surface area contributed by atoms with E-state index in [1.165, 1.54) is 0 Å². The number of para-hydroxylation sites is 1. The number of carbonyl (C=O) groups is 1. The predicted octanol–water partition coefficient (Wildman–Crippen LogP) is 2.40. The lowest BCUT2D eigenvalue weighted by molar-refractivity contribution is 0.102. The Morgan fingerprint density at radius 1 is 1.16 bits per heavy atom. The van der Waals surface area contributed by atoms with Crippen LogP contribution in [0.5, 0.6) is 0 Å². The molecule has 5 heteroatoms. The summed E-state index contributed by atoms with van der Waals surface area (Å²) in [4.78, 5) is 12.2. The summed E-state index contributed by atoms with van der Waals surface area (Å²) >= 11 is 0.